The highest BCUT2D eigenvalue weighted by molar-refractivity contribution is 9.10. The number of hydrogen-bond acceptors (Lipinski definition) is 2. The van der Waals surface area contributed by atoms with E-state index < -0.39 is 0 Å². The number of ketones is 1. The predicted octanol–water partition coefficient (Wildman–Crippen LogP) is 3.67. The van der Waals surface area contributed by atoms with Crippen molar-refractivity contribution in [2.45, 2.75) is 13.8 Å². The van der Waals surface area contributed by atoms with Crippen LogP contribution in [0.2, 0.25) is 0 Å². The summed E-state index contributed by atoms with van der Waals surface area (Å²) in [6.45, 7) is 3.84. The maximum atomic E-state index is 11.7. The van der Waals surface area contributed by atoms with E-state index in [1.54, 1.807) is 6.20 Å². The van der Waals surface area contributed by atoms with Crippen molar-refractivity contribution in [2.75, 3.05) is 5.88 Å². The van der Waals surface area contributed by atoms with Crippen LogP contribution in [0.15, 0.2) is 28.9 Å². The molecule has 94 valence electrons. The van der Waals surface area contributed by atoms with E-state index in [0.717, 1.165) is 21.7 Å². The van der Waals surface area contributed by atoms with E-state index >= 15 is 0 Å². The van der Waals surface area contributed by atoms with Crippen LogP contribution in [0.25, 0.3) is 5.82 Å². The molecule has 2 rings (SSSR count). The van der Waals surface area contributed by atoms with Crippen LogP contribution in [0.3, 0.4) is 0 Å². The van der Waals surface area contributed by atoms with E-state index in [0.29, 0.717) is 5.56 Å². The Balaban J connectivity index is 2.63. The van der Waals surface area contributed by atoms with Crippen molar-refractivity contribution in [1.29, 1.82) is 0 Å². The van der Waals surface area contributed by atoms with Crippen LogP contribution in [0.5, 0.6) is 0 Å². The van der Waals surface area contributed by atoms with E-state index in [1.165, 1.54) is 0 Å². The minimum Gasteiger partial charge on any atom is -0.302 e. The van der Waals surface area contributed by atoms with Crippen LogP contribution in [-0.2, 0) is 0 Å². The largest absolute Gasteiger partial charge is 0.302 e. The Morgan fingerprint density at radius 3 is 2.83 bits per heavy atom. The Morgan fingerprint density at radius 1 is 1.50 bits per heavy atom. The number of carbonyl (C=O) groups is 1. The molecule has 2 heterocycles. The van der Waals surface area contributed by atoms with Gasteiger partial charge in [0.1, 0.15) is 0 Å². The molecule has 0 aliphatic rings. The van der Waals surface area contributed by atoms with Gasteiger partial charge in [-0.2, -0.15) is 0 Å². The maximum Gasteiger partial charge on any atom is 0.179 e. The smallest absolute Gasteiger partial charge is 0.179 e. The predicted molar refractivity (Wildman–Crippen MR) is 75.8 cm³/mol. The minimum atomic E-state index is -0.0666. The third-order valence-electron chi connectivity index (χ3n) is 2.80. The fraction of sp³-hybridized carbons (Fsp3) is 0.231. The van der Waals surface area contributed by atoms with E-state index in [1.807, 2.05) is 36.6 Å². The molecular weight excluding hydrogens is 316 g/mol. The van der Waals surface area contributed by atoms with Crippen LogP contribution >= 0.6 is 27.5 Å². The molecule has 18 heavy (non-hydrogen) atoms. The number of alkyl halides is 1. The number of hydrogen-bond donors (Lipinski definition) is 0. The van der Waals surface area contributed by atoms with Gasteiger partial charge in [0.15, 0.2) is 11.6 Å². The van der Waals surface area contributed by atoms with E-state index in [9.17, 15) is 4.79 Å². The first-order chi connectivity index (χ1) is 8.56. The molecule has 0 aliphatic carbocycles. The molecule has 0 radical (unpaired) electrons. The lowest BCUT2D eigenvalue weighted by Gasteiger charge is -2.10. The van der Waals surface area contributed by atoms with Crippen LogP contribution in [0.4, 0.5) is 0 Å². The number of halogens is 2. The summed E-state index contributed by atoms with van der Waals surface area (Å²) < 4.78 is 2.83. The Hall–Kier alpha value is -1.13. The van der Waals surface area contributed by atoms with E-state index in [4.69, 9.17) is 11.6 Å². The zero-order valence-corrected chi connectivity index (χ0v) is 12.4. The molecule has 2 aromatic heterocycles. The summed E-state index contributed by atoms with van der Waals surface area (Å²) in [5, 5.41) is 0. The summed E-state index contributed by atoms with van der Waals surface area (Å²) in [6, 6.07) is 5.62. The zero-order chi connectivity index (χ0) is 13.3. The Labute approximate surface area is 119 Å². The topological polar surface area (TPSA) is 34.9 Å². The highest BCUT2D eigenvalue weighted by Crippen LogP contribution is 2.25. The summed E-state index contributed by atoms with van der Waals surface area (Å²) in [5.74, 6) is 0.706. The Kier molecular flexibility index (Phi) is 3.88. The molecule has 0 aromatic carbocycles. The molecule has 0 fully saturated rings. The fourth-order valence-corrected chi connectivity index (χ4v) is 2.56. The second-order valence-corrected chi connectivity index (χ2v) is 5.11. The SMILES string of the molecule is Cc1cc(C(=O)CCl)c(C)n1-c1ncccc1Br. The molecule has 0 atom stereocenters. The molecule has 3 nitrogen and oxygen atoms in total. The van der Waals surface area contributed by atoms with Gasteiger partial charge >= 0.3 is 0 Å². The van der Waals surface area contributed by atoms with Gasteiger partial charge in [-0.05, 0) is 48.0 Å². The lowest BCUT2D eigenvalue weighted by molar-refractivity contribution is 0.102. The van der Waals surface area contributed by atoms with Gasteiger partial charge in [-0.15, -0.1) is 11.6 Å². The van der Waals surface area contributed by atoms with Gasteiger partial charge in [0.25, 0.3) is 0 Å². The molecule has 0 bridgehead atoms. The molecule has 0 N–H and O–H groups in total. The average Bonchev–Trinajstić information content (AvgIpc) is 2.65. The highest BCUT2D eigenvalue weighted by atomic mass is 79.9. The first-order valence-electron chi connectivity index (χ1n) is 5.45. The Morgan fingerprint density at radius 2 is 2.22 bits per heavy atom. The van der Waals surface area contributed by atoms with Crippen molar-refractivity contribution in [3.8, 4) is 5.82 Å². The summed E-state index contributed by atoms with van der Waals surface area (Å²) >= 11 is 9.08. The first kappa shape index (κ1) is 13.3. The van der Waals surface area contributed by atoms with Crippen molar-refractivity contribution in [3.63, 3.8) is 0 Å². The van der Waals surface area contributed by atoms with Gasteiger partial charge in [-0.25, -0.2) is 4.98 Å². The third kappa shape index (κ3) is 2.22. The zero-order valence-electron chi connectivity index (χ0n) is 10.1. The number of nitrogens with zero attached hydrogens (tertiary/aromatic N) is 2. The van der Waals surface area contributed by atoms with Crippen molar-refractivity contribution >= 4 is 33.3 Å². The van der Waals surface area contributed by atoms with Crippen molar-refractivity contribution in [2.24, 2.45) is 0 Å². The normalized spacial score (nSPS) is 10.7. The lowest BCUT2D eigenvalue weighted by atomic mass is 10.2. The van der Waals surface area contributed by atoms with Gasteiger partial charge in [0.05, 0.1) is 10.4 Å². The molecule has 0 saturated heterocycles. The lowest BCUT2D eigenvalue weighted by Crippen LogP contribution is -2.06. The van der Waals surface area contributed by atoms with Crippen molar-refractivity contribution in [1.82, 2.24) is 9.55 Å². The van der Waals surface area contributed by atoms with Gasteiger partial charge in [0, 0.05) is 23.1 Å². The Bertz CT molecular complexity index is 607. The quantitative estimate of drug-likeness (QED) is 0.637. The van der Waals surface area contributed by atoms with Crippen molar-refractivity contribution in [3.05, 3.63) is 45.8 Å². The number of pyridine rings is 1. The van der Waals surface area contributed by atoms with Crippen LogP contribution in [-0.4, -0.2) is 21.2 Å². The van der Waals surface area contributed by atoms with Crippen LogP contribution in [0, 0.1) is 13.8 Å². The van der Waals surface area contributed by atoms with Gasteiger partial charge < -0.3 is 4.57 Å². The first-order valence-corrected chi connectivity index (χ1v) is 6.78. The van der Waals surface area contributed by atoms with Crippen LogP contribution in [0.1, 0.15) is 21.7 Å². The van der Waals surface area contributed by atoms with Crippen LogP contribution < -0.4 is 0 Å². The maximum absolute atomic E-state index is 11.7. The number of carbonyl (C=O) groups excluding carboxylic acids is 1. The number of rotatable bonds is 3. The summed E-state index contributed by atoms with van der Waals surface area (Å²) in [5.41, 5.74) is 2.47. The fourth-order valence-electron chi connectivity index (χ4n) is 1.98. The molecule has 0 saturated carbocycles. The molecule has 0 aliphatic heterocycles. The summed E-state index contributed by atoms with van der Waals surface area (Å²) in [6.07, 6.45) is 1.72. The molecular formula is C13H12BrClN2O. The minimum absolute atomic E-state index is 0.00627. The van der Waals surface area contributed by atoms with E-state index in [2.05, 4.69) is 20.9 Å². The molecule has 5 heteroatoms. The van der Waals surface area contributed by atoms with Crippen molar-refractivity contribution < 1.29 is 4.79 Å². The summed E-state index contributed by atoms with van der Waals surface area (Å²) in [4.78, 5) is 16.1. The van der Waals surface area contributed by atoms with Gasteiger partial charge in [-0.3, -0.25) is 4.79 Å². The summed E-state index contributed by atoms with van der Waals surface area (Å²) in [7, 11) is 0. The highest BCUT2D eigenvalue weighted by Gasteiger charge is 2.17. The number of aryl methyl sites for hydroxylation is 1. The molecule has 2 aromatic rings. The third-order valence-corrected chi connectivity index (χ3v) is 3.67. The number of aromatic nitrogens is 2. The second-order valence-electron chi connectivity index (χ2n) is 3.99. The monoisotopic (exact) mass is 326 g/mol. The average molecular weight is 328 g/mol. The van der Waals surface area contributed by atoms with Gasteiger partial charge in [-0.1, -0.05) is 0 Å². The second kappa shape index (κ2) is 5.24. The molecule has 0 amide bonds. The van der Waals surface area contributed by atoms with Gasteiger partial charge in [0.2, 0.25) is 0 Å². The van der Waals surface area contributed by atoms with E-state index in [-0.39, 0.29) is 11.7 Å². The standard InChI is InChI=1S/C13H12BrClN2O/c1-8-6-10(12(18)7-15)9(2)17(8)13-11(14)4-3-5-16-13/h3-6H,7H2,1-2H3. The molecule has 0 spiro atoms. The number of Topliss-reactive ketones (excluding diaryl/α,β-unsaturated/α-hetero) is 1. The molecule has 0 unspecified atom stereocenters.